The van der Waals surface area contributed by atoms with E-state index in [1.807, 2.05) is 5.57 Å². The van der Waals surface area contributed by atoms with E-state index in [-0.39, 0.29) is 0 Å². The maximum absolute atomic E-state index is 3.50. The fourth-order valence-electron chi connectivity index (χ4n) is 3.91. The molecule has 0 spiro atoms. The molecule has 0 bridgehead atoms. The van der Waals surface area contributed by atoms with Crippen molar-refractivity contribution in [2.24, 2.45) is 17.8 Å². The van der Waals surface area contributed by atoms with Gasteiger partial charge in [-0.25, -0.2) is 0 Å². The average molecular weight is 171 g/mol. The summed E-state index contributed by atoms with van der Waals surface area (Å²) >= 11 is 0. The van der Waals surface area contributed by atoms with E-state index in [0.29, 0.717) is 0 Å². The summed E-state index contributed by atoms with van der Waals surface area (Å²) in [5.74, 6) is 3.04. The maximum Gasteiger partial charge on any atom is 0.0166 e. The third-order valence-corrected chi connectivity index (χ3v) is 4.56. The van der Waals surface area contributed by atoms with E-state index in [9.17, 15) is 0 Å². The van der Waals surface area contributed by atoms with Crippen molar-refractivity contribution in [1.82, 2.24) is 0 Å². The van der Waals surface area contributed by atoms with Gasteiger partial charge in [0, 0.05) is 5.92 Å². The van der Waals surface area contributed by atoms with E-state index in [1.54, 1.807) is 11.1 Å². The highest BCUT2D eigenvalue weighted by molar-refractivity contribution is 5.70. The largest absolute Gasteiger partial charge is 0.0573 e. The zero-order valence-electron chi connectivity index (χ0n) is 7.97. The predicted molar refractivity (Wildman–Crippen MR) is 52.0 cm³/mol. The minimum atomic E-state index is 0.951. The molecule has 0 aromatic heterocycles. The Morgan fingerprint density at radius 3 is 2.54 bits per heavy atom. The van der Waals surface area contributed by atoms with E-state index in [2.05, 4.69) is 6.08 Å². The third-order valence-electron chi connectivity index (χ3n) is 4.56. The lowest BCUT2D eigenvalue weighted by molar-refractivity contribution is 0.243. The quantitative estimate of drug-likeness (QED) is 0.568. The molecule has 2 fully saturated rings. The summed E-state index contributed by atoms with van der Waals surface area (Å²) in [6.45, 7) is 0. The lowest BCUT2D eigenvalue weighted by atomic mass is 9.68. The Kier molecular flexibility index (Phi) is 1.11. The Morgan fingerprint density at radius 1 is 1.08 bits per heavy atom. The molecule has 4 aliphatic carbocycles. The molecule has 0 amide bonds. The van der Waals surface area contributed by atoms with Gasteiger partial charge in [0.2, 0.25) is 0 Å². The first-order valence-electron chi connectivity index (χ1n) is 5.81. The van der Waals surface area contributed by atoms with E-state index in [0.717, 1.165) is 17.8 Å². The van der Waals surface area contributed by atoms with Gasteiger partial charge in [-0.2, -0.15) is 0 Å². The molecule has 2 saturated carbocycles. The van der Waals surface area contributed by atoms with Crippen LogP contribution in [0.15, 0.2) is 16.7 Å². The number of allylic oxidation sites excluding steroid dienone is 4. The average Bonchev–Trinajstić information content (AvgIpc) is 2.63. The topological polar surface area (TPSA) is 0 Å². The zero-order valence-corrected chi connectivity index (χ0v) is 7.97. The summed E-state index contributed by atoms with van der Waals surface area (Å²) in [4.78, 5) is 0. The van der Waals surface area contributed by atoms with Crippen LogP contribution in [0.1, 0.15) is 38.5 Å². The molecule has 0 N–H and O–H groups in total. The Morgan fingerprint density at radius 2 is 1.92 bits per heavy atom. The van der Waals surface area contributed by atoms with Crippen molar-refractivity contribution in [2.45, 2.75) is 38.5 Å². The van der Waals surface area contributed by atoms with Gasteiger partial charge in [-0.3, -0.25) is 0 Å². The Labute approximate surface area is 79.7 Å². The van der Waals surface area contributed by atoms with E-state index < -0.39 is 0 Å². The number of hydrogen-bond donors (Lipinski definition) is 0. The van der Waals surface area contributed by atoms with Crippen LogP contribution >= 0.6 is 0 Å². The first kappa shape index (κ1) is 6.86. The maximum atomic E-state index is 3.50. The summed E-state index contributed by atoms with van der Waals surface area (Å²) in [6.07, 6.45) is 12.2. The van der Waals surface area contributed by atoms with Crippen molar-refractivity contribution in [3.8, 4) is 0 Å². The van der Waals surface area contributed by atoms with Gasteiger partial charge in [0.1, 0.15) is 0 Å². The molecule has 0 heteroatoms. The van der Waals surface area contributed by atoms with Gasteiger partial charge >= 0.3 is 0 Å². The van der Waals surface area contributed by atoms with Gasteiger partial charge in [-0.05, 0) is 48.3 Å². The smallest absolute Gasteiger partial charge is 0.0166 e. The minimum absolute atomic E-state index is 0.951. The number of fused-ring (bicyclic) bond motifs is 1. The van der Waals surface area contributed by atoms with Crippen LogP contribution < -0.4 is 0 Å². The fourth-order valence-corrected chi connectivity index (χ4v) is 3.91. The Balaban J connectivity index is 1.59. The van der Waals surface area contributed by atoms with Crippen LogP contribution in [0.3, 0.4) is 0 Å². The molecule has 0 aliphatic heterocycles. The molecule has 0 aromatic rings. The van der Waals surface area contributed by atoms with Crippen LogP contribution in [0.2, 0.25) is 0 Å². The summed E-state index contributed by atoms with van der Waals surface area (Å²) in [5.41, 5.74) is 5.22. The van der Waals surface area contributed by atoms with Crippen molar-refractivity contribution in [3.05, 3.63) is 22.8 Å². The highest BCUT2D eigenvalue weighted by Crippen LogP contribution is 2.70. The highest BCUT2D eigenvalue weighted by atomic mass is 14.6. The minimum Gasteiger partial charge on any atom is -0.0573 e. The van der Waals surface area contributed by atoms with Gasteiger partial charge in [0.25, 0.3) is 0 Å². The first-order chi connectivity index (χ1) is 6.47. The molecule has 0 nitrogen and oxygen atoms in total. The molecule has 2 atom stereocenters. The molecule has 4 rings (SSSR count). The molecule has 4 aliphatic rings. The van der Waals surface area contributed by atoms with Crippen LogP contribution in [0.25, 0.3) is 0 Å². The van der Waals surface area contributed by atoms with Gasteiger partial charge in [0.15, 0.2) is 0 Å². The van der Waals surface area contributed by atoms with Crippen molar-refractivity contribution in [2.75, 3.05) is 0 Å². The molecule has 0 saturated heterocycles. The normalized spacial score (nSPS) is 41.4. The number of rotatable bonds is 1. The van der Waals surface area contributed by atoms with Crippen LogP contribution in [0.5, 0.6) is 0 Å². The second-order valence-electron chi connectivity index (χ2n) is 5.11. The van der Waals surface area contributed by atoms with E-state index in [1.165, 1.54) is 38.5 Å². The zero-order chi connectivity index (χ0) is 8.41. The van der Waals surface area contributed by atoms with E-state index >= 15 is 0 Å². The van der Waals surface area contributed by atoms with Gasteiger partial charge in [0.05, 0.1) is 0 Å². The van der Waals surface area contributed by atoms with Crippen molar-refractivity contribution in [1.29, 1.82) is 0 Å². The van der Waals surface area contributed by atoms with Crippen LogP contribution in [0.4, 0.5) is 0 Å². The van der Waals surface area contributed by atoms with Crippen LogP contribution in [-0.2, 0) is 0 Å². The third kappa shape index (κ3) is 0.697. The van der Waals surface area contributed by atoms with Crippen molar-refractivity contribution in [3.63, 3.8) is 0 Å². The first-order valence-corrected chi connectivity index (χ1v) is 5.81. The number of hydrogen-bond acceptors (Lipinski definition) is 0. The summed E-state index contributed by atoms with van der Waals surface area (Å²) in [5, 5.41) is 0. The van der Waals surface area contributed by atoms with E-state index in [4.69, 9.17) is 0 Å². The van der Waals surface area contributed by atoms with Gasteiger partial charge in [-0.1, -0.05) is 24.8 Å². The highest BCUT2D eigenvalue weighted by Gasteiger charge is 2.60. The summed E-state index contributed by atoms with van der Waals surface area (Å²) < 4.78 is 0. The summed E-state index contributed by atoms with van der Waals surface area (Å²) in [7, 11) is 0. The lowest BCUT2D eigenvalue weighted by Gasteiger charge is -2.36. The molecule has 13 heavy (non-hydrogen) atoms. The van der Waals surface area contributed by atoms with Gasteiger partial charge in [-0.15, -0.1) is 0 Å². The Hall–Kier alpha value is -0.520. The molecular formula is C13H15. The van der Waals surface area contributed by atoms with Crippen LogP contribution in [0, 0.1) is 23.8 Å². The SMILES string of the molecule is [C]1=C2C3=C(C1)C(C1CCCCC1)C23. The fraction of sp³-hybridized carbons (Fsp3) is 0.692. The molecule has 0 aromatic carbocycles. The van der Waals surface area contributed by atoms with Gasteiger partial charge < -0.3 is 0 Å². The second kappa shape index (κ2) is 2.10. The lowest BCUT2D eigenvalue weighted by Crippen LogP contribution is -2.27. The molecule has 67 valence electrons. The second-order valence-corrected chi connectivity index (χ2v) is 5.11. The van der Waals surface area contributed by atoms with Crippen molar-refractivity contribution >= 4 is 0 Å². The molecule has 2 unspecified atom stereocenters. The Bertz CT molecular complexity index is 326. The standard InChI is InChI=1S/C13H15/c1-2-4-8(5-3-1)11-9-6-7-10-12(9)13(10)11/h8,11,13H,1-6H2. The van der Waals surface area contributed by atoms with Crippen molar-refractivity contribution < 1.29 is 0 Å². The summed E-state index contributed by atoms with van der Waals surface area (Å²) in [6, 6.07) is 0. The van der Waals surface area contributed by atoms with Crippen LogP contribution in [-0.4, -0.2) is 0 Å². The molecule has 0 heterocycles. The predicted octanol–water partition coefficient (Wildman–Crippen LogP) is 3.26. The monoisotopic (exact) mass is 171 g/mol. The molecular weight excluding hydrogens is 156 g/mol. The molecule has 1 radical (unpaired) electrons.